The Morgan fingerprint density at radius 1 is 1.15 bits per heavy atom. The molecular weight excluding hydrogens is 330 g/mol. The molecule has 0 spiro atoms. The first-order valence-electron chi connectivity index (χ1n) is 10.3. The molecule has 0 aliphatic heterocycles. The van der Waals surface area contributed by atoms with Crippen LogP contribution in [0.3, 0.4) is 0 Å². The van der Waals surface area contributed by atoms with Gasteiger partial charge in [0.15, 0.2) is 0 Å². The fourth-order valence-electron chi connectivity index (χ4n) is 7.23. The third kappa shape index (κ3) is 2.58. The maximum Gasteiger partial charge on any atom is 0.243 e. The quantitative estimate of drug-likeness (QED) is 0.345. The van der Waals surface area contributed by atoms with E-state index in [1.807, 2.05) is 5.48 Å². The molecule has 0 heterocycles. The van der Waals surface area contributed by atoms with Crippen molar-refractivity contribution in [2.24, 2.45) is 34.5 Å². The number of hydrogen-bond acceptors (Lipinski definition) is 4. The Morgan fingerprint density at radius 2 is 1.92 bits per heavy atom. The van der Waals surface area contributed by atoms with Crippen LogP contribution in [-0.4, -0.2) is 33.5 Å². The second kappa shape index (κ2) is 6.32. The van der Waals surface area contributed by atoms with Crippen LogP contribution >= 0.6 is 0 Å². The van der Waals surface area contributed by atoms with E-state index in [4.69, 9.17) is 5.21 Å². The summed E-state index contributed by atoms with van der Waals surface area (Å²) in [7, 11) is 0. The third-order valence-electron chi connectivity index (χ3n) is 8.74. The van der Waals surface area contributed by atoms with Gasteiger partial charge in [-0.25, -0.2) is 5.48 Å². The number of hydroxylamine groups is 1. The van der Waals surface area contributed by atoms with Gasteiger partial charge in [-0.1, -0.05) is 25.5 Å². The van der Waals surface area contributed by atoms with Gasteiger partial charge in [0.25, 0.3) is 0 Å². The van der Waals surface area contributed by atoms with Crippen molar-refractivity contribution in [3.63, 3.8) is 0 Å². The summed E-state index contributed by atoms with van der Waals surface area (Å²) in [4.78, 5) is 12.0. The summed E-state index contributed by atoms with van der Waals surface area (Å²) in [5, 5.41) is 29.9. The molecule has 8 atom stereocenters. The molecule has 5 nitrogen and oxygen atoms in total. The lowest BCUT2D eigenvalue weighted by atomic mass is 9.45. The Bertz CT molecular complexity index is 619. The number of amides is 1. The van der Waals surface area contributed by atoms with Gasteiger partial charge in [0.05, 0.1) is 12.2 Å². The summed E-state index contributed by atoms with van der Waals surface area (Å²) in [6.45, 7) is 4.60. The van der Waals surface area contributed by atoms with E-state index in [0.29, 0.717) is 24.2 Å². The van der Waals surface area contributed by atoms with Gasteiger partial charge in [-0.15, -0.1) is 0 Å². The summed E-state index contributed by atoms with van der Waals surface area (Å²) < 4.78 is 0. The van der Waals surface area contributed by atoms with Crippen LogP contribution in [-0.2, 0) is 4.79 Å². The van der Waals surface area contributed by atoms with Crippen LogP contribution in [0.15, 0.2) is 11.6 Å². The zero-order valence-electron chi connectivity index (χ0n) is 15.9. The summed E-state index contributed by atoms with van der Waals surface area (Å²) in [5.74, 6) is 1.03. The highest BCUT2D eigenvalue weighted by Gasteiger charge is 2.60. The first-order valence-corrected chi connectivity index (χ1v) is 10.3. The van der Waals surface area contributed by atoms with Crippen molar-refractivity contribution < 1.29 is 20.2 Å². The Balaban J connectivity index is 1.75. The first-order chi connectivity index (χ1) is 12.3. The van der Waals surface area contributed by atoms with E-state index in [0.717, 1.165) is 38.5 Å². The van der Waals surface area contributed by atoms with Gasteiger partial charge in [0, 0.05) is 6.42 Å². The van der Waals surface area contributed by atoms with Gasteiger partial charge in [-0.3, -0.25) is 10.0 Å². The summed E-state index contributed by atoms with van der Waals surface area (Å²) in [6, 6.07) is 0. The number of aliphatic hydroxyl groups is 2. The van der Waals surface area contributed by atoms with Crippen LogP contribution in [0.4, 0.5) is 0 Å². The molecule has 26 heavy (non-hydrogen) atoms. The molecule has 4 N–H and O–H groups in total. The normalized spacial score (nSPS) is 50.3. The number of fused-ring (bicyclic) bond motifs is 5. The maximum atomic E-state index is 12.0. The lowest BCUT2D eigenvalue weighted by Crippen LogP contribution is -2.54. The number of carbonyl (C=O) groups excluding carboxylic acids is 1. The second-order valence-electron chi connectivity index (χ2n) is 9.84. The van der Waals surface area contributed by atoms with Crippen molar-refractivity contribution in [3.8, 4) is 0 Å². The third-order valence-corrected chi connectivity index (χ3v) is 8.74. The molecule has 1 amide bonds. The van der Waals surface area contributed by atoms with E-state index in [1.165, 1.54) is 5.57 Å². The molecule has 0 aromatic heterocycles. The average Bonchev–Trinajstić information content (AvgIpc) is 2.91. The van der Waals surface area contributed by atoms with Crippen LogP contribution in [0.2, 0.25) is 0 Å². The zero-order chi connectivity index (χ0) is 18.7. The number of aliphatic hydroxyl groups excluding tert-OH is 2. The minimum absolute atomic E-state index is 0.0506. The minimum atomic E-state index is -0.337. The highest BCUT2D eigenvalue weighted by atomic mass is 16.5. The van der Waals surface area contributed by atoms with Crippen LogP contribution in [0.5, 0.6) is 0 Å². The molecule has 4 aliphatic rings. The molecule has 3 saturated carbocycles. The highest BCUT2D eigenvalue weighted by Crippen LogP contribution is 2.66. The molecule has 4 aliphatic carbocycles. The Morgan fingerprint density at radius 3 is 2.65 bits per heavy atom. The molecule has 5 heteroatoms. The molecule has 0 aromatic carbocycles. The number of carbonyl (C=O) groups is 1. The van der Waals surface area contributed by atoms with Gasteiger partial charge < -0.3 is 10.2 Å². The average molecular weight is 363 g/mol. The molecule has 3 unspecified atom stereocenters. The largest absolute Gasteiger partial charge is 0.393 e. The summed E-state index contributed by atoms with van der Waals surface area (Å²) >= 11 is 0. The number of rotatable bonds is 2. The van der Waals surface area contributed by atoms with E-state index in [9.17, 15) is 15.0 Å². The van der Waals surface area contributed by atoms with Crippen LogP contribution < -0.4 is 5.48 Å². The molecule has 0 saturated heterocycles. The molecule has 4 rings (SSSR count). The number of allylic oxidation sites excluding steroid dienone is 1. The number of hydrogen-bond donors (Lipinski definition) is 4. The van der Waals surface area contributed by atoms with Crippen molar-refractivity contribution in [3.05, 3.63) is 11.6 Å². The van der Waals surface area contributed by atoms with Crippen molar-refractivity contribution >= 4 is 5.91 Å². The van der Waals surface area contributed by atoms with Crippen molar-refractivity contribution in [2.45, 2.75) is 77.4 Å². The first kappa shape index (κ1) is 18.5. The summed E-state index contributed by atoms with van der Waals surface area (Å²) in [6.07, 6.45) is 8.60. The second-order valence-corrected chi connectivity index (χ2v) is 9.84. The number of nitrogens with one attached hydrogen (secondary N) is 1. The standard InChI is InChI=1S/C21H33NO4/c1-20-7-5-14(23)11-13(20)9-12(10-18(25)22-26)19-15-3-4-17(24)21(15,2)8-6-16(19)20/h9,12,14-17,19,23-24,26H,3-8,10-11H2,1-2H3,(H,22,25)/t12?,14?,15-,16+,17?,19-,20-,21-/m0/s1. The van der Waals surface area contributed by atoms with Crippen LogP contribution in [0.25, 0.3) is 0 Å². The molecule has 0 bridgehead atoms. The fraction of sp³-hybridized carbons (Fsp3) is 0.857. The molecule has 146 valence electrons. The van der Waals surface area contributed by atoms with Crippen molar-refractivity contribution in [1.82, 2.24) is 5.48 Å². The molecular formula is C21H33NO4. The maximum absolute atomic E-state index is 12.0. The van der Waals surface area contributed by atoms with E-state index < -0.39 is 0 Å². The highest BCUT2D eigenvalue weighted by molar-refractivity contribution is 5.75. The Hall–Kier alpha value is -0.910. The Kier molecular flexibility index (Phi) is 4.48. The van der Waals surface area contributed by atoms with Crippen LogP contribution in [0, 0.1) is 34.5 Å². The summed E-state index contributed by atoms with van der Waals surface area (Å²) in [5.41, 5.74) is 3.18. The zero-order valence-corrected chi connectivity index (χ0v) is 15.9. The SMILES string of the molecule is C[C@]12CCC(O)CC1=CC(CC(=O)NO)[C@@H]1[C@H]2CC[C@]2(C)C(O)CC[C@@H]12. The van der Waals surface area contributed by atoms with E-state index >= 15 is 0 Å². The monoisotopic (exact) mass is 363 g/mol. The Labute approximate surface area is 155 Å². The minimum Gasteiger partial charge on any atom is -0.393 e. The van der Waals surface area contributed by atoms with Crippen LogP contribution in [0.1, 0.15) is 65.2 Å². The topological polar surface area (TPSA) is 89.8 Å². The smallest absolute Gasteiger partial charge is 0.243 e. The molecule has 0 radical (unpaired) electrons. The predicted molar refractivity (Wildman–Crippen MR) is 97.1 cm³/mol. The van der Waals surface area contributed by atoms with Crippen molar-refractivity contribution in [2.75, 3.05) is 0 Å². The van der Waals surface area contributed by atoms with E-state index in [2.05, 4.69) is 19.9 Å². The van der Waals surface area contributed by atoms with Gasteiger partial charge in [-0.05, 0) is 79.4 Å². The van der Waals surface area contributed by atoms with E-state index in [-0.39, 0.29) is 41.3 Å². The van der Waals surface area contributed by atoms with Crippen molar-refractivity contribution in [1.29, 1.82) is 0 Å². The lowest BCUT2D eigenvalue weighted by Gasteiger charge is -2.59. The predicted octanol–water partition coefficient (Wildman–Crippen LogP) is 2.79. The van der Waals surface area contributed by atoms with Gasteiger partial charge in [-0.2, -0.15) is 0 Å². The van der Waals surface area contributed by atoms with Gasteiger partial charge >= 0.3 is 0 Å². The van der Waals surface area contributed by atoms with Gasteiger partial charge in [0.1, 0.15) is 0 Å². The van der Waals surface area contributed by atoms with Gasteiger partial charge in [0.2, 0.25) is 5.91 Å². The fourth-order valence-corrected chi connectivity index (χ4v) is 7.23. The lowest BCUT2D eigenvalue weighted by molar-refractivity contribution is -0.133. The molecule has 0 aromatic rings. The molecule has 3 fully saturated rings. The van der Waals surface area contributed by atoms with E-state index in [1.54, 1.807) is 0 Å².